The van der Waals surface area contributed by atoms with Gasteiger partial charge in [0.05, 0.1) is 35.5 Å². The van der Waals surface area contributed by atoms with Crippen molar-refractivity contribution in [1.29, 1.82) is 0 Å². The standard InChI is InChI=1S/C39H37ClN8O4S/c1-24(9-16-35(50)42-23-49)47-22-31-30(38(47)51)7-6-8-32(31)52-18-5-4-17-46-21-27(19-43-46)10-15-33-25(2)36-37(28-11-13-29(40)14-12-28)41-20-34-45-44-26(3)48(34)39(36)53-33/h6-8,11-14,19,21,23-24H,4-5,9,16-18,20,22H2,1-3H3,(H,42,49,50). The number of aromatic nitrogens is 5. The molecule has 1 unspecified atom stereocenters. The Kier molecular flexibility index (Phi) is 10.5. The third-order valence-corrected chi connectivity index (χ3v) is 10.9. The number of nitrogens with one attached hydrogen (secondary N) is 1. The van der Waals surface area contributed by atoms with Crippen molar-refractivity contribution in [3.63, 3.8) is 0 Å². The van der Waals surface area contributed by atoms with Gasteiger partial charge in [0.1, 0.15) is 23.1 Å². The number of hydrogen-bond acceptors (Lipinski definition) is 9. The molecule has 2 aromatic carbocycles. The molecule has 3 aromatic heterocycles. The molecule has 270 valence electrons. The van der Waals surface area contributed by atoms with Gasteiger partial charge in [0.15, 0.2) is 5.82 Å². The van der Waals surface area contributed by atoms with Gasteiger partial charge in [0.25, 0.3) is 5.91 Å². The highest BCUT2D eigenvalue weighted by molar-refractivity contribution is 7.15. The van der Waals surface area contributed by atoms with Crippen LogP contribution in [0.25, 0.3) is 5.00 Å². The zero-order valence-corrected chi connectivity index (χ0v) is 31.1. The van der Waals surface area contributed by atoms with Crippen molar-refractivity contribution in [1.82, 2.24) is 34.8 Å². The van der Waals surface area contributed by atoms with Gasteiger partial charge in [-0.1, -0.05) is 41.6 Å². The lowest BCUT2D eigenvalue weighted by Crippen LogP contribution is -2.34. The third kappa shape index (κ3) is 7.51. The molecule has 5 aromatic rings. The number of thiophene rings is 1. The second kappa shape index (κ2) is 15.6. The van der Waals surface area contributed by atoms with Crippen LogP contribution in [0, 0.1) is 25.7 Å². The molecule has 3 amide bonds. The summed E-state index contributed by atoms with van der Waals surface area (Å²) in [4.78, 5) is 43.0. The Morgan fingerprint density at radius 1 is 1.13 bits per heavy atom. The average molecular weight is 749 g/mol. The number of unbranched alkanes of at least 4 members (excludes halogenated alkanes) is 1. The lowest BCUT2D eigenvalue weighted by Gasteiger charge is -2.24. The van der Waals surface area contributed by atoms with Crippen LogP contribution in [0.3, 0.4) is 0 Å². The van der Waals surface area contributed by atoms with E-state index in [1.807, 2.05) is 67.2 Å². The Morgan fingerprint density at radius 2 is 1.96 bits per heavy atom. The predicted molar refractivity (Wildman–Crippen MR) is 202 cm³/mol. The number of aliphatic imine (C=N–C) groups is 1. The maximum atomic E-state index is 13.1. The molecule has 7 rings (SSSR count). The summed E-state index contributed by atoms with van der Waals surface area (Å²) in [5.74, 6) is 8.56. The molecular weight excluding hydrogens is 712 g/mol. The minimum atomic E-state index is -0.357. The number of halogens is 1. The first-order chi connectivity index (χ1) is 25.7. The van der Waals surface area contributed by atoms with Crippen LogP contribution < -0.4 is 10.1 Å². The highest BCUT2D eigenvalue weighted by Gasteiger charge is 2.33. The van der Waals surface area contributed by atoms with E-state index in [9.17, 15) is 14.4 Å². The van der Waals surface area contributed by atoms with E-state index in [0.29, 0.717) is 55.4 Å². The van der Waals surface area contributed by atoms with Gasteiger partial charge in [-0.05, 0) is 69.9 Å². The Morgan fingerprint density at radius 3 is 2.77 bits per heavy atom. The molecule has 0 saturated heterocycles. The first-order valence-electron chi connectivity index (χ1n) is 17.4. The van der Waals surface area contributed by atoms with Crippen molar-refractivity contribution in [3.05, 3.63) is 110 Å². The Labute approximate surface area is 315 Å². The smallest absolute Gasteiger partial charge is 0.254 e. The lowest BCUT2D eigenvalue weighted by atomic mass is 10.00. The van der Waals surface area contributed by atoms with E-state index in [2.05, 4.69) is 43.9 Å². The van der Waals surface area contributed by atoms with Gasteiger partial charge >= 0.3 is 0 Å². The first kappa shape index (κ1) is 35.8. The highest BCUT2D eigenvalue weighted by atomic mass is 35.5. The van der Waals surface area contributed by atoms with Crippen LogP contribution in [-0.2, 0) is 29.2 Å². The fraction of sp³-hybridized carbons (Fsp3) is 0.308. The van der Waals surface area contributed by atoms with E-state index < -0.39 is 0 Å². The number of carbonyl (C=O) groups excluding carboxylic acids is 3. The van der Waals surface area contributed by atoms with Crippen molar-refractivity contribution < 1.29 is 19.1 Å². The van der Waals surface area contributed by atoms with Crippen molar-refractivity contribution in [3.8, 4) is 22.6 Å². The van der Waals surface area contributed by atoms with E-state index in [0.717, 1.165) is 67.9 Å². The minimum absolute atomic E-state index is 0.0770. The molecule has 0 radical (unpaired) electrons. The molecule has 5 heterocycles. The highest BCUT2D eigenvalue weighted by Crippen LogP contribution is 2.37. The number of amides is 3. The second-order valence-corrected chi connectivity index (χ2v) is 14.4. The number of benzene rings is 2. The number of fused-ring (bicyclic) bond motifs is 4. The van der Waals surface area contributed by atoms with Crippen molar-refractivity contribution >= 4 is 46.9 Å². The molecule has 2 aliphatic heterocycles. The van der Waals surface area contributed by atoms with Crippen LogP contribution in [0.15, 0.2) is 59.9 Å². The molecule has 14 heteroatoms. The van der Waals surface area contributed by atoms with Gasteiger partial charge in [-0.3, -0.25) is 33.9 Å². The van der Waals surface area contributed by atoms with Gasteiger partial charge in [-0.15, -0.1) is 21.5 Å². The summed E-state index contributed by atoms with van der Waals surface area (Å²) in [5, 5.41) is 17.1. The van der Waals surface area contributed by atoms with E-state index in [4.69, 9.17) is 21.3 Å². The lowest BCUT2D eigenvalue weighted by molar-refractivity contribution is -0.125. The number of aryl methyl sites for hydroxylation is 2. The molecule has 0 fully saturated rings. The Hall–Kier alpha value is -5.58. The summed E-state index contributed by atoms with van der Waals surface area (Å²) in [6.07, 6.45) is 6.38. The number of imide groups is 1. The number of nitrogens with zero attached hydrogens (tertiary/aromatic N) is 7. The van der Waals surface area contributed by atoms with E-state index in [1.54, 1.807) is 22.4 Å². The molecule has 1 atom stereocenters. The number of carbonyl (C=O) groups is 3. The minimum Gasteiger partial charge on any atom is -0.493 e. The Bertz CT molecular complexity index is 2290. The summed E-state index contributed by atoms with van der Waals surface area (Å²) in [6.45, 7) is 7.99. The SMILES string of the molecule is Cc1c(C#Cc2cnn(CCCCOc3cccc4c3CN(C(C)CCC(=O)NC=O)C4=O)c2)sc2c1C(c1ccc(Cl)cc1)=NCc1nnc(C)n1-2. The maximum absolute atomic E-state index is 13.1. The van der Waals surface area contributed by atoms with Crippen LogP contribution >= 0.6 is 22.9 Å². The Balaban J connectivity index is 0.965. The molecule has 0 spiro atoms. The van der Waals surface area contributed by atoms with Gasteiger partial charge in [-0.25, -0.2) is 0 Å². The summed E-state index contributed by atoms with van der Waals surface area (Å²) in [6, 6.07) is 13.1. The predicted octanol–water partition coefficient (Wildman–Crippen LogP) is 5.80. The third-order valence-electron chi connectivity index (χ3n) is 9.44. The van der Waals surface area contributed by atoms with Crippen LogP contribution in [0.2, 0.25) is 5.02 Å². The van der Waals surface area contributed by atoms with Crippen molar-refractivity contribution in [2.45, 2.75) is 72.1 Å². The molecule has 0 saturated carbocycles. The monoisotopic (exact) mass is 748 g/mol. The summed E-state index contributed by atoms with van der Waals surface area (Å²) in [7, 11) is 0. The largest absolute Gasteiger partial charge is 0.493 e. The number of rotatable bonds is 12. The fourth-order valence-electron chi connectivity index (χ4n) is 6.59. The molecule has 1 N–H and O–H groups in total. The van der Waals surface area contributed by atoms with E-state index >= 15 is 0 Å². The quantitative estimate of drug-likeness (QED) is 0.0968. The zero-order valence-electron chi connectivity index (χ0n) is 29.6. The maximum Gasteiger partial charge on any atom is 0.254 e. The van der Waals surface area contributed by atoms with Gasteiger partial charge in [0, 0.05) is 52.5 Å². The van der Waals surface area contributed by atoms with Gasteiger partial charge < -0.3 is 9.64 Å². The van der Waals surface area contributed by atoms with Crippen LogP contribution in [-0.4, -0.2) is 66.0 Å². The zero-order chi connectivity index (χ0) is 37.1. The molecule has 2 aliphatic rings. The molecule has 0 aliphatic carbocycles. The first-order valence-corrected chi connectivity index (χ1v) is 18.6. The summed E-state index contributed by atoms with van der Waals surface area (Å²) >= 11 is 7.81. The average Bonchev–Trinajstić information content (AvgIpc) is 3.90. The molecule has 0 bridgehead atoms. The van der Waals surface area contributed by atoms with E-state index in [1.165, 1.54) is 0 Å². The fourth-order valence-corrected chi connectivity index (χ4v) is 7.94. The van der Waals surface area contributed by atoms with Crippen LogP contribution in [0.4, 0.5) is 0 Å². The van der Waals surface area contributed by atoms with E-state index in [-0.39, 0.29) is 24.3 Å². The second-order valence-electron chi connectivity index (χ2n) is 13.0. The molecule has 53 heavy (non-hydrogen) atoms. The van der Waals surface area contributed by atoms with Crippen LogP contribution in [0.5, 0.6) is 5.75 Å². The molecular formula is C39H37ClN8O4S. The normalized spacial score (nSPS) is 13.6. The number of ether oxygens (including phenoxy) is 1. The number of hydrogen-bond donors (Lipinski definition) is 1. The summed E-state index contributed by atoms with van der Waals surface area (Å²) in [5.41, 5.74) is 6.25. The van der Waals surface area contributed by atoms with Crippen LogP contribution in [0.1, 0.15) is 87.3 Å². The van der Waals surface area contributed by atoms with Crippen molar-refractivity contribution in [2.24, 2.45) is 4.99 Å². The van der Waals surface area contributed by atoms with Gasteiger partial charge in [-0.2, -0.15) is 5.10 Å². The molecule has 12 nitrogen and oxygen atoms in total. The van der Waals surface area contributed by atoms with Crippen molar-refractivity contribution in [2.75, 3.05) is 6.61 Å². The topological polar surface area (TPSA) is 137 Å². The summed E-state index contributed by atoms with van der Waals surface area (Å²) < 4.78 is 10.1. The van der Waals surface area contributed by atoms with Gasteiger partial charge in [0.2, 0.25) is 12.3 Å².